The van der Waals surface area contributed by atoms with Gasteiger partial charge in [-0.3, -0.25) is 4.79 Å². The van der Waals surface area contributed by atoms with E-state index in [1.54, 1.807) is 6.07 Å². The largest absolute Gasteiger partial charge is 0.478 e. The summed E-state index contributed by atoms with van der Waals surface area (Å²) in [5.74, 6) is -1.19. The number of aldehydes is 1. The van der Waals surface area contributed by atoms with Gasteiger partial charge in [0.25, 0.3) is 0 Å². The monoisotopic (exact) mass is 326 g/mol. The van der Waals surface area contributed by atoms with E-state index in [2.05, 4.69) is 0 Å². The van der Waals surface area contributed by atoms with Crippen molar-refractivity contribution < 1.29 is 27.9 Å². The number of hydrogen-bond acceptors (Lipinski definition) is 3. The van der Waals surface area contributed by atoms with E-state index in [0.29, 0.717) is 6.29 Å². The van der Waals surface area contributed by atoms with Gasteiger partial charge in [0.1, 0.15) is 0 Å². The molecule has 0 fully saturated rings. The topological polar surface area (TPSA) is 54.4 Å². The lowest BCUT2D eigenvalue weighted by Gasteiger charge is -2.11. The Morgan fingerprint density at radius 3 is 2.36 bits per heavy atom. The van der Waals surface area contributed by atoms with Crippen molar-refractivity contribution in [2.45, 2.75) is 16.0 Å². The van der Waals surface area contributed by atoms with Gasteiger partial charge < -0.3 is 5.11 Å². The quantitative estimate of drug-likeness (QED) is 0.848. The predicted molar refractivity (Wildman–Crippen MR) is 74.4 cm³/mol. The van der Waals surface area contributed by atoms with Gasteiger partial charge in [0.2, 0.25) is 0 Å². The molecule has 0 heterocycles. The molecule has 0 aromatic heterocycles. The van der Waals surface area contributed by atoms with Crippen LogP contribution in [0.15, 0.2) is 52.3 Å². The summed E-state index contributed by atoms with van der Waals surface area (Å²) in [4.78, 5) is 22.4. The summed E-state index contributed by atoms with van der Waals surface area (Å²) in [6.45, 7) is 0. The summed E-state index contributed by atoms with van der Waals surface area (Å²) >= 11 is 0.812. The second-order valence-corrected chi connectivity index (χ2v) is 5.36. The maximum absolute atomic E-state index is 12.8. The van der Waals surface area contributed by atoms with E-state index in [4.69, 9.17) is 5.11 Å². The van der Waals surface area contributed by atoms with E-state index < -0.39 is 17.7 Å². The van der Waals surface area contributed by atoms with Crippen LogP contribution in [0.2, 0.25) is 0 Å². The lowest BCUT2D eigenvalue weighted by Crippen LogP contribution is -2.05. The maximum Gasteiger partial charge on any atom is 0.416 e. The molecule has 0 atom stereocenters. The Morgan fingerprint density at radius 2 is 1.77 bits per heavy atom. The predicted octanol–water partition coefficient (Wildman–Crippen LogP) is 4.37. The number of carbonyl (C=O) groups is 2. The van der Waals surface area contributed by atoms with Gasteiger partial charge >= 0.3 is 12.1 Å². The highest BCUT2D eigenvalue weighted by atomic mass is 32.2. The zero-order valence-corrected chi connectivity index (χ0v) is 11.7. The number of carboxylic acid groups (broad SMARTS) is 1. The number of halogens is 3. The molecular formula is C15H9F3O3S. The number of rotatable bonds is 4. The van der Waals surface area contributed by atoms with Crippen LogP contribution in [0.5, 0.6) is 0 Å². The molecule has 2 aromatic carbocycles. The van der Waals surface area contributed by atoms with Crippen LogP contribution in [0.1, 0.15) is 26.3 Å². The fourth-order valence-electron chi connectivity index (χ4n) is 1.75. The van der Waals surface area contributed by atoms with Crippen LogP contribution >= 0.6 is 11.8 Å². The lowest BCUT2D eigenvalue weighted by molar-refractivity contribution is -0.137. The van der Waals surface area contributed by atoms with Crippen LogP contribution in [0.3, 0.4) is 0 Å². The summed E-state index contributed by atoms with van der Waals surface area (Å²) in [5, 5.41) is 9.09. The van der Waals surface area contributed by atoms with E-state index in [1.165, 1.54) is 18.2 Å². The minimum atomic E-state index is -4.54. The summed E-state index contributed by atoms with van der Waals surface area (Å²) in [6, 6.07) is 8.64. The van der Waals surface area contributed by atoms with Gasteiger partial charge in [0.05, 0.1) is 11.1 Å². The molecule has 7 heteroatoms. The van der Waals surface area contributed by atoms with Crippen LogP contribution in [-0.4, -0.2) is 17.4 Å². The first-order valence-corrected chi connectivity index (χ1v) is 6.81. The van der Waals surface area contributed by atoms with Crippen LogP contribution in [0.25, 0.3) is 0 Å². The molecule has 0 amide bonds. The van der Waals surface area contributed by atoms with E-state index >= 15 is 0 Å². The van der Waals surface area contributed by atoms with Crippen LogP contribution in [0.4, 0.5) is 13.2 Å². The van der Waals surface area contributed by atoms with Gasteiger partial charge in [-0.15, -0.1) is 0 Å². The van der Waals surface area contributed by atoms with E-state index in [0.717, 1.165) is 30.0 Å². The van der Waals surface area contributed by atoms with Crippen LogP contribution in [-0.2, 0) is 6.18 Å². The first-order valence-electron chi connectivity index (χ1n) is 5.99. The number of alkyl halides is 3. The zero-order valence-electron chi connectivity index (χ0n) is 10.9. The Bertz CT molecular complexity index is 726. The minimum absolute atomic E-state index is 0.0400. The van der Waals surface area contributed by atoms with Gasteiger partial charge in [-0.05, 0) is 30.3 Å². The van der Waals surface area contributed by atoms with E-state index in [-0.39, 0.29) is 20.9 Å². The second kappa shape index (κ2) is 6.23. The fourth-order valence-corrected chi connectivity index (χ4v) is 2.82. The first-order chi connectivity index (χ1) is 10.3. The fraction of sp³-hybridized carbons (Fsp3) is 0.0667. The van der Waals surface area contributed by atoms with E-state index in [9.17, 15) is 22.8 Å². The van der Waals surface area contributed by atoms with Crippen molar-refractivity contribution >= 4 is 24.0 Å². The minimum Gasteiger partial charge on any atom is -0.478 e. The average molecular weight is 326 g/mol. The Hall–Kier alpha value is -2.28. The highest BCUT2D eigenvalue weighted by Gasteiger charge is 2.31. The molecule has 114 valence electrons. The summed E-state index contributed by atoms with van der Waals surface area (Å²) < 4.78 is 38.3. The summed E-state index contributed by atoms with van der Waals surface area (Å²) in [6.07, 6.45) is -4.10. The average Bonchev–Trinajstić information content (AvgIpc) is 2.46. The van der Waals surface area contributed by atoms with Gasteiger partial charge in [0, 0.05) is 15.4 Å². The molecule has 0 radical (unpaired) electrons. The number of carboxylic acids is 1. The van der Waals surface area contributed by atoms with Crippen molar-refractivity contribution in [3.63, 3.8) is 0 Å². The summed E-state index contributed by atoms with van der Waals surface area (Å²) in [5.41, 5.74) is -0.867. The number of aromatic carboxylic acids is 1. The highest BCUT2D eigenvalue weighted by molar-refractivity contribution is 7.99. The smallest absolute Gasteiger partial charge is 0.416 e. The molecule has 0 bridgehead atoms. The molecular weight excluding hydrogens is 317 g/mol. The van der Waals surface area contributed by atoms with Crippen molar-refractivity contribution in [2.75, 3.05) is 0 Å². The standard InChI is InChI=1S/C15H9F3O3S/c16-15(17,18)10-6-5-9(8-19)13(7-10)22-12-4-2-1-3-11(12)14(20)21/h1-8H,(H,20,21). The zero-order chi connectivity index (χ0) is 16.3. The van der Waals surface area contributed by atoms with Crippen LogP contribution in [0, 0.1) is 0 Å². The molecule has 0 saturated carbocycles. The molecule has 0 aliphatic heterocycles. The van der Waals surface area contributed by atoms with Crippen molar-refractivity contribution in [3.8, 4) is 0 Å². The number of carbonyl (C=O) groups excluding carboxylic acids is 1. The molecule has 0 aliphatic carbocycles. The molecule has 22 heavy (non-hydrogen) atoms. The Labute approximate surface area is 127 Å². The number of hydrogen-bond donors (Lipinski definition) is 1. The van der Waals surface area contributed by atoms with Crippen molar-refractivity contribution in [1.29, 1.82) is 0 Å². The van der Waals surface area contributed by atoms with Gasteiger partial charge in [-0.2, -0.15) is 13.2 Å². The molecule has 3 nitrogen and oxygen atoms in total. The van der Waals surface area contributed by atoms with Crippen molar-refractivity contribution in [1.82, 2.24) is 0 Å². The Balaban J connectivity index is 2.49. The van der Waals surface area contributed by atoms with Crippen LogP contribution < -0.4 is 0 Å². The first kappa shape index (κ1) is 16.1. The molecule has 0 aliphatic rings. The third kappa shape index (κ3) is 3.48. The Kier molecular flexibility index (Phi) is 4.56. The third-order valence-corrected chi connectivity index (χ3v) is 3.95. The molecule has 0 spiro atoms. The SMILES string of the molecule is O=Cc1ccc(C(F)(F)F)cc1Sc1ccccc1C(=O)O. The van der Waals surface area contributed by atoms with Gasteiger partial charge in [-0.25, -0.2) is 4.79 Å². The Morgan fingerprint density at radius 1 is 1.09 bits per heavy atom. The molecule has 0 unspecified atom stereocenters. The molecule has 1 N–H and O–H groups in total. The van der Waals surface area contributed by atoms with Gasteiger partial charge in [-0.1, -0.05) is 23.9 Å². The van der Waals surface area contributed by atoms with Crippen molar-refractivity contribution in [2.24, 2.45) is 0 Å². The third-order valence-electron chi connectivity index (χ3n) is 2.81. The molecule has 2 aromatic rings. The molecule has 2 rings (SSSR count). The van der Waals surface area contributed by atoms with Gasteiger partial charge in [0.15, 0.2) is 6.29 Å². The second-order valence-electron chi connectivity index (χ2n) is 4.27. The van der Waals surface area contributed by atoms with E-state index in [1.807, 2.05) is 0 Å². The molecule has 0 saturated heterocycles. The number of benzene rings is 2. The van der Waals surface area contributed by atoms with Crippen molar-refractivity contribution in [3.05, 3.63) is 59.2 Å². The summed E-state index contributed by atoms with van der Waals surface area (Å²) in [7, 11) is 0. The normalized spacial score (nSPS) is 11.2. The lowest BCUT2D eigenvalue weighted by atomic mass is 10.1. The maximum atomic E-state index is 12.8. The highest BCUT2D eigenvalue weighted by Crippen LogP contribution is 2.37.